The van der Waals surface area contributed by atoms with Crippen LogP contribution in [-0.4, -0.2) is 38.8 Å². The average Bonchev–Trinajstić information content (AvgIpc) is 2.96. The summed E-state index contributed by atoms with van der Waals surface area (Å²) < 4.78 is 11.6. The van der Waals surface area contributed by atoms with Gasteiger partial charge in [-0.05, 0) is 31.5 Å². The van der Waals surface area contributed by atoms with Gasteiger partial charge in [0.25, 0.3) is 0 Å². The zero-order valence-electron chi connectivity index (χ0n) is 15.8. The van der Waals surface area contributed by atoms with Gasteiger partial charge in [0.05, 0.1) is 24.9 Å². The Labute approximate surface area is 167 Å². The van der Waals surface area contributed by atoms with Crippen LogP contribution in [0.4, 0.5) is 0 Å². The maximum atomic E-state index is 5.37. The lowest BCUT2D eigenvalue weighted by atomic mass is 10.2. The molecule has 0 radical (unpaired) electrons. The number of ether oxygens (including phenoxy) is 2. The number of guanidine groups is 1. The van der Waals surface area contributed by atoms with Gasteiger partial charge in [0.15, 0.2) is 17.5 Å². The Bertz CT molecular complexity index is 757. The molecule has 2 rings (SSSR count). The van der Waals surface area contributed by atoms with Crippen LogP contribution in [0.1, 0.15) is 21.1 Å². The van der Waals surface area contributed by atoms with Crippen LogP contribution in [0, 0.1) is 13.8 Å². The summed E-state index contributed by atoms with van der Waals surface area (Å²) in [5, 5.41) is 7.78. The van der Waals surface area contributed by atoms with E-state index >= 15 is 0 Å². The number of thiazole rings is 1. The predicted molar refractivity (Wildman–Crippen MR) is 111 cm³/mol. The van der Waals surface area contributed by atoms with Gasteiger partial charge < -0.3 is 20.1 Å². The highest BCUT2D eigenvalue weighted by atomic mass is 79.9. The first-order valence-corrected chi connectivity index (χ1v) is 9.87. The van der Waals surface area contributed by atoms with E-state index in [4.69, 9.17) is 9.47 Å². The third-order valence-electron chi connectivity index (χ3n) is 3.93. The second-order valence-electron chi connectivity index (χ2n) is 5.65. The van der Waals surface area contributed by atoms with Crippen molar-refractivity contribution in [2.24, 2.45) is 4.99 Å². The number of aryl methyl sites for hydroxylation is 2. The number of hydrogen-bond acceptors (Lipinski definition) is 5. The van der Waals surface area contributed by atoms with Crippen molar-refractivity contribution in [3.05, 3.63) is 37.7 Å². The number of halogens is 1. The van der Waals surface area contributed by atoms with Crippen molar-refractivity contribution in [2.75, 3.05) is 27.8 Å². The molecule has 0 fully saturated rings. The number of hydrogen-bond donors (Lipinski definition) is 2. The lowest BCUT2D eigenvalue weighted by Crippen LogP contribution is -2.37. The Hall–Kier alpha value is -1.80. The maximum Gasteiger partial charge on any atom is 0.191 e. The Morgan fingerprint density at radius 1 is 1.19 bits per heavy atom. The molecule has 0 saturated carbocycles. The molecule has 0 aliphatic carbocycles. The number of benzene rings is 1. The molecule has 1 aromatic carbocycles. The lowest BCUT2D eigenvalue weighted by Gasteiger charge is -2.14. The maximum absolute atomic E-state index is 5.37. The Morgan fingerprint density at radius 2 is 1.88 bits per heavy atom. The standard InChI is InChI=1S/C18H25BrN4O2S/c1-11-12(2)26-17(23-11)6-7-21-18(20-3)22-10-13-8-15(24-4)16(25-5)9-14(13)19/h8-9H,6-7,10H2,1-5H3,(H2,20,21,22). The molecule has 1 heterocycles. The van der Waals surface area contributed by atoms with Gasteiger partial charge in [-0.15, -0.1) is 11.3 Å². The second-order valence-corrected chi connectivity index (χ2v) is 7.79. The fourth-order valence-electron chi connectivity index (χ4n) is 2.37. The molecule has 2 N–H and O–H groups in total. The van der Waals surface area contributed by atoms with E-state index in [0.717, 1.165) is 39.7 Å². The first kappa shape index (κ1) is 20.5. The smallest absolute Gasteiger partial charge is 0.191 e. The molecule has 26 heavy (non-hydrogen) atoms. The van der Waals surface area contributed by atoms with Crippen LogP contribution in [0.2, 0.25) is 0 Å². The van der Waals surface area contributed by atoms with Gasteiger partial charge in [-0.2, -0.15) is 0 Å². The molecular weight excluding hydrogens is 416 g/mol. The number of nitrogens with zero attached hydrogens (tertiary/aromatic N) is 2. The van der Waals surface area contributed by atoms with E-state index in [1.165, 1.54) is 4.88 Å². The normalized spacial score (nSPS) is 11.4. The largest absolute Gasteiger partial charge is 0.493 e. The first-order chi connectivity index (χ1) is 12.5. The third-order valence-corrected chi connectivity index (χ3v) is 5.80. The van der Waals surface area contributed by atoms with Crippen LogP contribution >= 0.6 is 27.3 Å². The van der Waals surface area contributed by atoms with Crippen LogP contribution < -0.4 is 20.1 Å². The predicted octanol–water partition coefficient (Wildman–Crippen LogP) is 3.45. The fraction of sp³-hybridized carbons (Fsp3) is 0.444. The van der Waals surface area contributed by atoms with Gasteiger partial charge in [-0.25, -0.2) is 4.98 Å². The summed E-state index contributed by atoms with van der Waals surface area (Å²) in [7, 11) is 5.02. The van der Waals surface area contributed by atoms with Crippen LogP contribution in [-0.2, 0) is 13.0 Å². The molecule has 0 unspecified atom stereocenters. The number of methoxy groups -OCH3 is 2. The summed E-state index contributed by atoms with van der Waals surface area (Å²) in [6.07, 6.45) is 0.875. The summed E-state index contributed by atoms with van der Waals surface area (Å²) in [6.45, 7) is 5.53. The molecule has 0 spiro atoms. The van der Waals surface area contributed by atoms with Crippen molar-refractivity contribution in [3.63, 3.8) is 0 Å². The Balaban J connectivity index is 1.90. The minimum Gasteiger partial charge on any atom is -0.493 e. The van der Waals surface area contributed by atoms with Crippen molar-refractivity contribution < 1.29 is 9.47 Å². The summed E-state index contributed by atoms with van der Waals surface area (Å²) in [5.41, 5.74) is 2.17. The van der Waals surface area contributed by atoms with Crippen LogP contribution in [0.15, 0.2) is 21.6 Å². The molecule has 8 heteroatoms. The molecule has 0 aliphatic rings. The molecule has 0 aliphatic heterocycles. The third kappa shape index (κ3) is 5.35. The molecule has 0 amide bonds. The Morgan fingerprint density at radius 3 is 2.46 bits per heavy atom. The van der Waals surface area contributed by atoms with Gasteiger partial charge in [0.1, 0.15) is 0 Å². The number of aliphatic imine (C=N–C) groups is 1. The Kier molecular flexibility index (Phi) is 7.71. The average molecular weight is 441 g/mol. The van der Waals surface area contributed by atoms with Crippen molar-refractivity contribution in [1.82, 2.24) is 15.6 Å². The second kappa shape index (κ2) is 9.78. The topological polar surface area (TPSA) is 67.8 Å². The minimum atomic E-state index is 0.607. The van der Waals surface area contributed by atoms with E-state index in [0.29, 0.717) is 18.0 Å². The molecule has 1 aromatic heterocycles. The van der Waals surface area contributed by atoms with Crippen molar-refractivity contribution in [1.29, 1.82) is 0 Å². The first-order valence-electron chi connectivity index (χ1n) is 8.26. The van der Waals surface area contributed by atoms with E-state index in [1.54, 1.807) is 32.6 Å². The van der Waals surface area contributed by atoms with Gasteiger partial charge in [-0.1, -0.05) is 15.9 Å². The van der Waals surface area contributed by atoms with E-state index in [-0.39, 0.29) is 0 Å². The van der Waals surface area contributed by atoms with Crippen molar-refractivity contribution >= 4 is 33.2 Å². The van der Waals surface area contributed by atoms with E-state index in [1.807, 2.05) is 19.1 Å². The molecule has 0 atom stereocenters. The van der Waals surface area contributed by atoms with E-state index < -0.39 is 0 Å². The summed E-state index contributed by atoms with van der Waals surface area (Å²) in [5.74, 6) is 2.14. The zero-order chi connectivity index (χ0) is 19.1. The van der Waals surface area contributed by atoms with Crippen LogP contribution in [0.5, 0.6) is 11.5 Å². The summed E-state index contributed by atoms with van der Waals surface area (Å²) in [6, 6.07) is 3.85. The molecular formula is C18H25BrN4O2S. The van der Waals surface area contributed by atoms with Gasteiger partial charge in [0.2, 0.25) is 0 Å². The number of rotatable bonds is 7. The quantitative estimate of drug-likeness (QED) is 0.509. The molecule has 0 saturated heterocycles. The highest BCUT2D eigenvalue weighted by Gasteiger charge is 2.10. The molecule has 2 aromatic rings. The van der Waals surface area contributed by atoms with Gasteiger partial charge in [-0.3, -0.25) is 4.99 Å². The monoisotopic (exact) mass is 440 g/mol. The molecule has 0 bridgehead atoms. The van der Waals surface area contributed by atoms with Crippen molar-refractivity contribution in [2.45, 2.75) is 26.8 Å². The summed E-state index contributed by atoms with van der Waals surface area (Å²) >= 11 is 5.32. The number of nitrogens with one attached hydrogen (secondary N) is 2. The highest BCUT2D eigenvalue weighted by Crippen LogP contribution is 2.33. The molecule has 6 nitrogen and oxygen atoms in total. The lowest BCUT2D eigenvalue weighted by molar-refractivity contribution is 0.354. The van der Waals surface area contributed by atoms with Crippen LogP contribution in [0.25, 0.3) is 0 Å². The van der Waals surface area contributed by atoms with Crippen LogP contribution in [0.3, 0.4) is 0 Å². The van der Waals surface area contributed by atoms with E-state index in [9.17, 15) is 0 Å². The van der Waals surface area contributed by atoms with E-state index in [2.05, 4.69) is 43.5 Å². The fourth-order valence-corrected chi connectivity index (χ4v) is 3.76. The SMILES string of the molecule is CN=C(NCCc1nc(C)c(C)s1)NCc1cc(OC)c(OC)cc1Br. The van der Waals surface area contributed by atoms with Gasteiger partial charge >= 0.3 is 0 Å². The zero-order valence-corrected chi connectivity index (χ0v) is 18.2. The van der Waals surface area contributed by atoms with Crippen molar-refractivity contribution in [3.8, 4) is 11.5 Å². The highest BCUT2D eigenvalue weighted by molar-refractivity contribution is 9.10. The summed E-state index contributed by atoms with van der Waals surface area (Å²) in [4.78, 5) is 10.1. The number of aromatic nitrogens is 1. The van der Waals surface area contributed by atoms with Gasteiger partial charge in [0, 0.05) is 35.9 Å². The molecule has 142 valence electrons. The minimum absolute atomic E-state index is 0.607.